The summed E-state index contributed by atoms with van der Waals surface area (Å²) in [7, 11) is 0. The quantitative estimate of drug-likeness (QED) is 0.681. The van der Waals surface area contributed by atoms with Crippen LogP contribution in [0.3, 0.4) is 0 Å². The van der Waals surface area contributed by atoms with Gasteiger partial charge < -0.3 is 9.64 Å². The van der Waals surface area contributed by atoms with Crippen LogP contribution in [-0.2, 0) is 4.74 Å². The number of rotatable bonds is 2. The monoisotopic (exact) mass is 289 g/mol. The molecule has 0 spiro atoms. The molecule has 1 fully saturated rings. The van der Waals surface area contributed by atoms with Gasteiger partial charge in [0.15, 0.2) is 11.5 Å². The average molecular weight is 289 g/mol. The molecular weight excluding hydrogens is 278 g/mol. The van der Waals surface area contributed by atoms with Crippen molar-refractivity contribution >= 4 is 22.8 Å². The zero-order valence-corrected chi connectivity index (χ0v) is 11.3. The van der Waals surface area contributed by atoms with E-state index in [1.807, 2.05) is 17.5 Å². The van der Waals surface area contributed by atoms with Gasteiger partial charge in [0.2, 0.25) is 0 Å². The third kappa shape index (κ3) is 2.00. The molecule has 0 amide bonds. The molecule has 0 bridgehead atoms. The minimum absolute atomic E-state index is 0.00452. The lowest BCUT2D eigenvalue weighted by atomic mass is 10.3. The number of hydrogen-bond donors (Lipinski definition) is 0. The summed E-state index contributed by atoms with van der Waals surface area (Å²) in [5, 5.41) is 18.6. The molecule has 1 atom stereocenters. The third-order valence-electron chi connectivity index (χ3n) is 3.17. The Kier molecular flexibility index (Phi) is 2.78. The van der Waals surface area contributed by atoms with E-state index in [1.165, 1.54) is 4.63 Å². The first-order valence-electron chi connectivity index (χ1n) is 6.21. The summed E-state index contributed by atoms with van der Waals surface area (Å²) >= 11 is 1.61. The molecule has 0 unspecified atom stereocenters. The van der Waals surface area contributed by atoms with Crippen LogP contribution < -0.4 is 4.90 Å². The van der Waals surface area contributed by atoms with Crippen LogP contribution >= 0.6 is 11.3 Å². The highest BCUT2D eigenvalue weighted by molar-refractivity contribution is 7.09. The van der Waals surface area contributed by atoms with E-state index < -0.39 is 0 Å². The van der Waals surface area contributed by atoms with Crippen molar-refractivity contribution in [2.75, 3.05) is 24.6 Å². The van der Waals surface area contributed by atoms with Gasteiger partial charge in [-0.2, -0.15) is 0 Å². The predicted octanol–water partition coefficient (Wildman–Crippen LogP) is 0.554. The second-order valence-electron chi connectivity index (χ2n) is 4.39. The lowest BCUT2D eigenvalue weighted by Crippen LogP contribution is -2.39. The van der Waals surface area contributed by atoms with Gasteiger partial charge in [0.1, 0.15) is 11.1 Å². The second-order valence-corrected chi connectivity index (χ2v) is 5.32. The van der Waals surface area contributed by atoms with E-state index in [0.29, 0.717) is 12.3 Å². The molecule has 0 radical (unpaired) electrons. The van der Waals surface area contributed by atoms with Gasteiger partial charge in [-0.3, -0.25) is 0 Å². The Morgan fingerprint density at radius 3 is 3.25 bits per heavy atom. The van der Waals surface area contributed by atoms with Crippen molar-refractivity contribution in [1.29, 1.82) is 0 Å². The Morgan fingerprint density at radius 2 is 2.35 bits per heavy atom. The smallest absolute Gasteiger partial charge is 0.200 e. The number of fused-ring (bicyclic) bond motifs is 1. The molecule has 20 heavy (non-hydrogen) atoms. The van der Waals surface area contributed by atoms with E-state index in [9.17, 15) is 0 Å². The molecule has 1 aliphatic heterocycles. The Balaban J connectivity index is 1.61. The van der Waals surface area contributed by atoms with Gasteiger partial charge in [0.25, 0.3) is 0 Å². The van der Waals surface area contributed by atoms with Crippen molar-refractivity contribution in [2.24, 2.45) is 0 Å². The van der Waals surface area contributed by atoms with Crippen LogP contribution in [0, 0.1) is 0 Å². The SMILES string of the molecule is c1csc([C@H]2CN(c3ccc4nnnn4n3)CCO2)n1. The molecule has 9 heteroatoms. The minimum Gasteiger partial charge on any atom is -0.367 e. The highest BCUT2D eigenvalue weighted by atomic mass is 32.1. The molecule has 3 aromatic heterocycles. The van der Waals surface area contributed by atoms with E-state index in [1.54, 1.807) is 17.5 Å². The fourth-order valence-electron chi connectivity index (χ4n) is 2.21. The van der Waals surface area contributed by atoms with Crippen LogP contribution in [0.5, 0.6) is 0 Å². The highest BCUT2D eigenvalue weighted by Gasteiger charge is 2.25. The molecule has 0 N–H and O–H groups in total. The van der Waals surface area contributed by atoms with Crippen molar-refractivity contribution < 1.29 is 4.74 Å². The van der Waals surface area contributed by atoms with Crippen LogP contribution in [-0.4, -0.2) is 49.9 Å². The summed E-state index contributed by atoms with van der Waals surface area (Å²) in [6.45, 7) is 2.18. The summed E-state index contributed by atoms with van der Waals surface area (Å²) in [4.78, 5) is 6.48. The van der Waals surface area contributed by atoms with Gasteiger partial charge in [0, 0.05) is 18.1 Å². The van der Waals surface area contributed by atoms with E-state index in [4.69, 9.17) is 4.74 Å². The lowest BCUT2D eigenvalue weighted by Gasteiger charge is -2.32. The second kappa shape index (κ2) is 4.76. The molecule has 0 saturated carbocycles. The Morgan fingerprint density at radius 1 is 1.35 bits per heavy atom. The largest absolute Gasteiger partial charge is 0.367 e. The van der Waals surface area contributed by atoms with Crippen LogP contribution in [0.2, 0.25) is 0 Å². The van der Waals surface area contributed by atoms with Crippen LogP contribution in [0.4, 0.5) is 5.82 Å². The highest BCUT2D eigenvalue weighted by Crippen LogP contribution is 2.26. The summed E-state index contributed by atoms with van der Waals surface area (Å²) < 4.78 is 7.21. The molecule has 3 aromatic rings. The third-order valence-corrected chi connectivity index (χ3v) is 4.04. The molecule has 0 aromatic carbocycles. The number of ether oxygens (including phenoxy) is 1. The minimum atomic E-state index is -0.00452. The molecule has 4 rings (SSSR count). The average Bonchev–Trinajstić information content (AvgIpc) is 3.18. The van der Waals surface area contributed by atoms with Crippen molar-refractivity contribution in [3.8, 4) is 0 Å². The van der Waals surface area contributed by atoms with Gasteiger partial charge in [-0.1, -0.05) is 0 Å². The maximum Gasteiger partial charge on any atom is 0.200 e. The number of morpholine rings is 1. The first kappa shape index (κ1) is 11.7. The van der Waals surface area contributed by atoms with E-state index >= 15 is 0 Å². The summed E-state index contributed by atoms with van der Waals surface area (Å²) in [5.74, 6) is 0.842. The molecule has 4 heterocycles. The number of nitrogens with zero attached hydrogens (tertiary/aromatic N) is 7. The van der Waals surface area contributed by atoms with Gasteiger partial charge in [-0.25, -0.2) is 4.98 Å². The molecule has 1 aliphatic rings. The first-order chi connectivity index (χ1) is 9.90. The summed E-state index contributed by atoms with van der Waals surface area (Å²) in [6, 6.07) is 3.78. The van der Waals surface area contributed by atoms with Crippen molar-refractivity contribution in [3.05, 3.63) is 28.7 Å². The zero-order chi connectivity index (χ0) is 13.4. The number of anilines is 1. The van der Waals surface area contributed by atoms with Gasteiger partial charge >= 0.3 is 0 Å². The Bertz CT molecular complexity index is 712. The maximum atomic E-state index is 5.78. The number of thiazole rings is 1. The van der Waals surface area contributed by atoms with Crippen molar-refractivity contribution in [2.45, 2.75) is 6.10 Å². The first-order valence-corrected chi connectivity index (χ1v) is 7.09. The number of aromatic nitrogens is 6. The van der Waals surface area contributed by atoms with E-state index in [0.717, 1.165) is 23.9 Å². The molecular formula is C11H11N7OS. The number of tetrazole rings is 1. The van der Waals surface area contributed by atoms with Crippen LogP contribution in [0.15, 0.2) is 23.7 Å². The zero-order valence-electron chi connectivity index (χ0n) is 10.5. The molecule has 102 valence electrons. The molecule has 8 nitrogen and oxygen atoms in total. The number of hydrogen-bond acceptors (Lipinski definition) is 8. The van der Waals surface area contributed by atoms with Crippen LogP contribution in [0.25, 0.3) is 5.65 Å². The van der Waals surface area contributed by atoms with Gasteiger partial charge in [0.05, 0.1) is 13.2 Å². The van der Waals surface area contributed by atoms with E-state index in [2.05, 4.69) is 30.5 Å². The molecule has 0 aliphatic carbocycles. The van der Waals surface area contributed by atoms with Gasteiger partial charge in [-0.05, 0) is 22.6 Å². The van der Waals surface area contributed by atoms with Gasteiger partial charge in [-0.15, -0.1) is 26.2 Å². The van der Waals surface area contributed by atoms with Crippen LogP contribution in [0.1, 0.15) is 11.1 Å². The Hall–Kier alpha value is -2.13. The lowest BCUT2D eigenvalue weighted by molar-refractivity contribution is 0.0393. The predicted molar refractivity (Wildman–Crippen MR) is 71.6 cm³/mol. The molecule has 1 saturated heterocycles. The summed E-state index contributed by atoms with van der Waals surface area (Å²) in [6.07, 6.45) is 1.79. The standard InChI is InChI=1S/C11H11N7OS/c1-2-10(14-18-9(1)13-15-16-18)17-4-5-19-8(7-17)11-12-3-6-20-11/h1-3,6,8H,4-5,7H2/t8-/m1/s1. The van der Waals surface area contributed by atoms with E-state index in [-0.39, 0.29) is 6.10 Å². The fraction of sp³-hybridized carbons (Fsp3) is 0.364. The van der Waals surface area contributed by atoms with Crippen molar-refractivity contribution in [3.63, 3.8) is 0 Å². The topological polar surface area (TPSA) is 81.3 Å². The fourth-order valence-corrected chi connectivity index (χ4v) is 2.89. The normalized spacial score (nSPS) is 19.6. The Labute approximate surface area is 118 Å². The van der Waals surface area contributed by atoms with Crippen molar-refractivity contribution in [1.82, 2.24) is 30.2 Å². The summed E-state index contributed by atoms with van der Waals surface area (Å²) in [5.41, 5.74) is 0.637. The maximum absolute atomic E-state index is 5.78.